The Morgan fingerprint density at radius 2 is 1.60 bits per heavy atom. The van der Waals surface area contributed by atoms with E-state index in [0.717, 1.165) is 5.56 Å². The molecule has 0 saturated carbocycles. The van der Waals surface area contributed by atoms with Crippen LogP contribution in [0.5, 0.6) is 0 Å². The van der Waals surface area contributed by atoms with Crippen LogP contribution in [-0.4, -0.2) is 14.2 Å². The third-order valence-corrected chi connectivity index (χ3v) is 2.33. The van der Waals surface area contributed by atoms with E-state index in [4.69, 9.17) is 13.9 Å². The molecular formula is C9H13O5P. The van der Waals surface area contributed by atoms with Gasteiger partial charge in [-0.25, -0.2) is 9.78 Å². The monoisotopic (exact) mass is 232 g/mol. The van der Waals surface area contributed by atoms with E-state index in [1.165, 1.54) is 14.2 Å². The van der Waals surface area contributed by atoms with Gasteiger partial charge in [0.15, 0.2) is 0 Å². The van der Waals surface area contributed by atoms with Crippen LogP contribution in [0.4, 0.5) is 0 Å². The van der Waals surface area contributed by atoms with Crippen molar-refractivity contribution in [3.05, 3.63) is 35.9 Å². The second kappa shape index (κ2) is 7.70. The maximum Gasteiger partial charge on any atom is 0.392 e. The molecule has 0 amide bonds. The van der Waals surface area contributed by atoms with Crippen LogP contribution in [0.25, 0.3) is 0 Å². The SMILES string of the molecule is COOP(OCc1ccccc1)OOC. The van der Waals surface area contributed by atoms with Crippen molar-refractivity contribution in [3.63, 3.8) is 0 Å². The van der Waals surface area contributed by atoms with Gasteiger partial charge in [-0.05, 0) is 5.56 Å². The zero-order valence-corrected chi connectivity index (χ0v) is 9.48. The normalized spacial score (nSPS) is 10.9. The highest BCUT2D eigenvalue weighted by Crippen LogP contribution is 2.40. The van der Waals surface area contributed by atoms with Crippen LogP contribution >= 0.6 is 8.60 Å². The minimum atomic E-state index is -1.63. The molecule has 1 rings (SSSR count). The standard InChI is InChI=1S/C9H13O5P/c1-10-13-15(14-11-2)12-8-9-6-4-3-5-7-9/h3-7H,8H2,1-2H3. The molecule has 0 bridgehead atoms. The first-order valence-electron chi connectivity index (χ1n) is 4.25. The number of benzene rings is 1. The molecule has 0 saturated heterocycles. The van der Waals surface area contributed by atoms with Crippen molar-refractivity contribution >= 4 is 8.60 Å². The van der Waals surface area contributed by atoms with E-state index in [-0.39, 0.29) is 0 Å². The zero-order chi connectivity index (χ0) is 10.9. The Morgan fingerprint density at radius 1 is 1.00 bits per heavy atom. The van der Waals surface area contributed by atoms with Crippen LogP contribution < -0.4 is 0 Å². The van der Waals surface area contributed by atoms with Gasteiger partial charge in [0, 0.05) is 0 Å². The third-order valence-electron chi connectivity index (χ3n) is 1.45. The fourth-order valence-corrected chi connectivity index (χ4v) is 1.49. The van der Waals surface area contributed by atoms with Crippen molar-refractivity contribution in [1.82, 2.24) is 0 Å². The summed E-state index contributed by atoms with van der Waals surface area (Å²) in [6.45, 7) is 0.374. The number of hydrogen-bond donors (Lipinski definition) is 0. The van der Waals surface area contributed by atoms with Crippen molar-refractivity contribution < 1.29 is 23.6 Å². The van der Waals surface area contributed by atoms with Gasteiger partial charge in [-0.2, -0.15) is 9.35 Å². The molecule has 0 heterocycles. The summed E-state index contributed by atoms with van der Waals surface area (Å²) in [4.78, 5) is 8.89. The van der Waals surface area contributed by atoms with Crippen molar-refractivity contribution in [1.29, 1.82) is 0 Å². The Balaban J connectivity index is 2.33. The third kappa shape index (κ3) is 5.18. The second-order valence-corrected chi connectivity index (χ2v) is 3.47. The van der Waals surface area contributed by atoms with Crippen molar-refractivity contribution in [3.8, 4) is 0 Å². The Morgan fingerprint density at radius 3 is 2.13 bits per heavy atom. The van der Waals surface area contributed by atoms with Gasteiger partial charge >= 0.3 is 8.60 Å². The molecule has 0 atom stereocenters. The highest BCUT2D eigenvalue weighted by molar-refractivity contribution is 7.41. The first-order valence-corrected chi connectivity index (χ1v) is 5.35. The molecule has 0 aliphatic rings. The molecule has 84 valence electrons. The molecule has 5 nitrogen and oxygen atoms in total. The van der Waals surface area contributed by atoms with Gasteiger partial charge in [0.25, 0.3) is 0 Å². The summed E-state index contributed by atoms with van der Waals surface area (Å²) < 4.78 is 14.7. The van der Waals surface area contributed by atoms with Gasteiger partial charge in [0.1, 0.15) is 0 Å². The van der Waals surface area contributed by atoms with Crippen molar-refractivity contribution in [2.45, 2.75) is 6.61 Å². The number of hydrogen-bond acceptors (Lipinski definition) is 5. The van der Waals surface area contributed by atoms with Gasteiger partial charge in [-0.3, -0.25) is 0 Å². The Kier molecular flexibility index (Phi) is 6.43. The van der Waals surface area contributed by atoms with Gasteiger partial charge in [0.05, 0.1) is 20.8 Å². The summed E-state index contributed by atoms with van der Waals surface area (Å²) in [7, 11) is 1.12. The molecule has 0 aromatic heterocycles. The van der Waals surface area contributed by atoms with Crippen LogP contribution in [0, 0.1) is 0 Å². The molecule has 0 radical (unpaired) electrons. The predicted octanol–water partition coefficient (Wildman–Crippen LogP) is 2.59. The average molecular weight is 232 g/mol. The Labute approximate surface area is 89.7 Å². The van der Waals surface area contributed by atoms with Crippen LogP contribution in [0.3, 0.4) is 0 Å². The fourth-order valence-electron chi connectivity index (χ4n) is 0.879. The van der Waals surface area contributed by atoms with E-state index in [1.54, 1.807) is 0 Å². The summed E-state index contributed by atoms with van der Waals surface area (Å²) >= 11 is 0. The molecular weight excluding hydrogens is 219 g/mol. The van der Waals surface area contributed by atoms with E-state index in [0.29, 0.717) is 6.61 Å². The van der Waals surface area contributed by atoms with Crippen LogP contribution in [0.1, 0.15) is 5.56 Å². The maximum absolute atomic E-state index is 5.28. The molecule has 15 heavy (non-hydrogen) atoms. The average Bonchev–Trinajstić information content (AvgIpc) is 2.28. The van der Waals surface area contributed by atoms with Crippen LogP contribution in [0.15, 0.2) is 30.3 Å². The lowest BCUT2D eigenvalue weighted by molar-refractivity contribution is -0.246. The van der Waals surface area contributed by atoms with E-state index in [9.17, 15) is 0 Å². The second-order valence-electron chi connectivity index (χ2n) is 2.47. The van der Waals surface area contributed by atoms with E-state index in [1.807, 2.05) is 30.3 Å². The topological polar surface area (TPSA) is 46.2 Å². The first kappa shape index (κ1) is 12.5. The van der Waals surface area contributed by atoms with E-state index >= 15 is 0 Å². The van der Waals surface area contributed by atoms with Gasteiger partial charge in [0.2, 0.25) is 0 Å². The largest absolute Gasteiger partial charge is 0.392 e. The van der Waals surface area contributed by atoms with E-state index < -0.39 is 8.60 Å². The molecule has 0 unspecified atom stereocenters. The highest BCUT2D eigenvalue weighted by Gasteiger charge is 2.14. The van der Waals surface area contributed by atoms with Crippen molar-refractivity contribution in [2.75, 3.05) is 14.2 Å². The van der Waals surface area contributed by atoms with Crippen LogP contribution in [-0.2, 0) is 30.3 Å². The zero-order valence-electron chi connectivity index (χ0n) is 8.58. The van der Waals surface area contributed by atoms with Crippen molar-refractivity contribution in [2.24, 2.45) is 0 Å². The molecule has 6 heteroatoms. The highest BCUT2D eigenvalue weighted by atomic mass is 31.2. The maximum atomic E-state index is 5.28. The summed E-state index contributed by atoms with van der Waals surface area (Å²) in [6.07, 6.45) is 0. The summed E-state index contributed by atoms with van der Waals surface area (Å²) in [6, 6.07) is 9.66. The summed E-state index contributed by atoms with van der Waals surface area (Å²) in [5, 5.41) is 0. The minimum Gasteiger partial charge on any atom is -0.304 e. The number of rotatable bonds is 7. The first-order chi connectivity index (χ1) is 7.36. The molecule has 0 aliphatic heterocycles. The van der Waals surface area contributed by atoms with Crippen LogP contribution in [0.2, 0.25) is 0 Å². The fraction of sp³-hybridized carbons (Fsp3) is 0.333. The molecule has 0 spiro atoms. The van der Waals surface area contributed by atoms with Gasteiger partial charge in [-0.1, -0.05) is 30.3 Å². The Hall–Kier alpha value is -0.550. The molecule has 0 aliphatic carbocycles. The molecule has 0 fully saturated rings. The quantitative estimate of drug-likeness (QED) is 0.410. The summed E-state index contributed by atoms with van der Waals surface area (Å²) in [5.74, 6) is 0. The van der Waals surface area contributed by atoms with Gasteiger partial charge in [-0.15, -0.1) is 0 Å². The molecule has 1 aromatic rings. The predicted molar refractivity (Wildman–Crippen MR) is 54.3 cm³/mol. The lowest BCUT2D eigenvalue weighted by Crippen LogP contribution is -1.95. The lowest BCUT2D eigenvalue weighted by Gasteiger charge is -2.11. The van der Waals surface area contributed by atoms with Gasteiger partial charge < -0.3 is 4.52 Å². The molecule has 1 aromatic carbocycles. The Bertz CT molecular complexity index is 250. The lowest BCUT2D eigenvalue weighted by atomic mass is 10.2. The van der Waals surface area contributed by atoms with E-state index in [2.05, 4.69) is 9.78 Å². The minimum absolute atomic E-state index is 0.374. The smallest absolute Gasteiger partial charge is 0.304 e. The molecule has 0 N–H and O–H groups in total. The summed E-state index contributed by atoms with van der Waals surface area (Å²) in [5.41, 5.74) is 1.02.